The van der Waals surface area contributed by atoms with Gasteiger partial charge in [0.05, 0.1) is 29.6 Å². The number of imide groups is 1. The van der Waals surface area contributed by atoms with Crippen molar-refractivity contribution in [3.05, 3.63) is 57.6 Å². The number of nitrogens with zero attached hydrogens (tertiary/aromatic N) is 4. The van der Waals surface area contributed by atoms with Gasteiger partial charge in [-0.05, 0) is 44.9 Å². The Kier molecular flexibility index (Phi) is 4.79. The molecule has 186 valence electrons. The molecule has 0 radical (unpaired) electrons. The summed E-state index contributed by atoms with van der Waals surface area (Å²) in [5, 5.41) is 11.5. The maximum Gasteiger partial charge on any atom is 0.311 e. The van der Waals surface area contributed by atoms with Crippen LogP contribution in [0.2, 0.25) is 0 Å². The third-order valence-corrected chi connectivity index (χ3v) is 8.40. The van der Waals surface area contributed by atoms with Crippen LogP contribution in [0.15, 0.2) is 36.4 Å². The Morgan fingerprint density at radius 3 is 2.58 bits per heavy atom. The van der Waals surface area contributed by atoms with Crippen molar-refractivity contribution in [3.8, 4) is 5.75 Å². The van der Waals surface area contributed by atoms with Gasteiger partial charge in [0.25, 0.3) is 5.91 Å². The first-order chi connectivity index (χ1) is 17.3. The van der Waals surface area contributed by atoms with E-state index in [9.17, 15) is 24.5 Å². The SMILES string of the molecule is CCN1C(=O)[C@@]2(c3ccccc31)[C@@H]1C(=O)N(c3cc(OC)c([N+](=O)[O-])cc3C)C(=O)[C@@H]1[C@@H]1CCCN12. The molecule has 2 aromatic rings. The number of carbonyl (C=O) groups is 3. The van der Waals surface area contributed by atoms with E-state index < -0.39 is 28.2 Å². The molecule has 0 N–H and O–H groups in total. The first-order valence-electron chi connectivity index (χ1n) is 12.2. The molecule has 4 aliphatic heterocycles. The van der Waals surface area contributed by atoms with Crippen molar-refractivity contribution in [1.82, 2.24) is 4.90 Å². The predicted octanol–water partition coefficient (Wildman–Crippen LogP) is 2.76. The molecule has 6 rings (SSSR count). The molecule has 36 heavy (non-hydrogen) atoms. The molecule has 0 aromatic heterocycles. The number of nitro benzene ring substituents is 1. The van der Waals surface area contributed by atoms with Crippen LogP contribution in [0.3, 0.4) is 0 Å². The maximum absolute atomic E-state index is 14.2. The molecule has 4 aliphatic rings. The summed E-state index contributed by atoms with van der Waals surface area (Å²) in [6.07, 6.45) is 1.56. The van der Waals surface area contributed by atoms with Crippen LogP contribution >= 0.6 is 0 Å². The van der Waals surface area contributed by atoms with Gasteiger partial charge in [0, 0.05) is 36.0 Å². The second kappa shape index (κ2) is 7.60. The van der Waals surface area contributed by atoms with E-state index in [2.05, 4.69) is 4.90 Å². The maximum atomic E-state index is 14.2. The monoisotopic (exact) mass is 490 g/mol. The van der Waals surface area contributed by atoms with E-state index >= 15 is 0 Å². The number of carbonyl (C=O) groups excluding carboxylic acids is 3. The molecule has 0 bridgehead atoms. The van der Waals surface area contributed by atoms with Gasteiger partial charge in [-0.15, -0.1) is 0 Å². The molecule has 10 nitrogen and oxygen atoms in total. The van der Waals surface area contributed by atoms with Crippen LogP contribution in [0.25, 0.3) is 0 Å². The number of hydrogen-bond acceptors (Lipinski definition) is 7. The molecule has 10 heteroatoms. The number of anilines is 2. The fourth-order valence-electron chi connectivity index (χ4n) is 7.10. The van der Waals surface area contributed by atoms with Crippen LogP contribution in [0, 0.1) is 28.9 Å². The van der Waals surface area contributed by atoms with Gasteiger partial charge >= 0.3 is 5.69 Å². The highest BCUT2D eigenvalue weighted by Crippen LogP contribution is 2.62. The number of hydrogen-bond donors (Lipinski definition) is 0. The van der Waals surface area contributed by atoms with Crippen molar-refractivity contribution >= 4 is 34.8 Å². The third-order valence-electron chi connectivity index (χ3n) is 8.40. The van der Waals surface area contributed by atoms with Crippen LogP contribution in [-0.2, 0) is 19.9 Å². The van der Waals surface area contributed by atoms with Gasteiger partial charge < -0.3 is 9.64 Å². The number of amides is 3. The largest absolute Gasteiger partial charge is 0.490 e. The van der Waals surface area contributed by atoms with E-state index in [1.807, 2.05) is 31.2 Å². The van der Waals surface area contributed by atoms with E-state index in [-0.39, 0.29) is 35.0 Å². The second-order valence-corrected chi connectivity index (χ2v) is 9.82. The fourth-order valence-corrected chi connectivity index (χ4v) is 7.10. The number of nitro groups is 1. The van der Waals surface area contributed by atoms with Gasteiger partial charge in [0.1, 0.15) is 5.54 Å². The van der Waals surface area contributed by atoms with Crippen molar-refractivity contribution in [3.63, 3.8) is 0 Å². The van der Waals surface area contributed by atoms with Crippen molar-refractivity contribution in [2.45, 2.75) is 38.3 Å². The minimum Gasteiger partial charge on any atom is -0.490 e. The molecule has 0 unspecified atom stereocenters. The molecule has 0 aliphatic carbocycles. The van der Waals surface area contributed by atoms with Gasteiger partial charge in [-0.2, -0.15) is 0 Å². The Morgan fingerprint density at radius 2 is 1.89 bits per heavy atom. The van der Waals surface area contributed by atoms with Crippen molar-refractivity contribution in [1.29, 1.82) is 0 Å². The third kappa shape index (κ3) is 2.52. The summed E-state index contributed by atoms with van der Waals surface area (Å²) in [5.74, 6) is -2.55. The van der Waals surface area contributed by atoms with Crippen LogP contribution in [-0.4, -0.2) is 53.8 Å². The van der Waals surface area contributed by atoms with E-state index in [0.29, 0.717) is 18.7 Å². The summed E-state index contributed by atoms with van der Waals surface area (Å²) in [6.45, 7) is 4.63. The summed E-state index contributed by atoms with van der Waals surface area (Å²) in [6, 6.07) is 10.0. The second-order valence-electron chi connectivity index (χ2n) is 9.82. The molecule has 4 heterocycles. The zero-order valence-corrected chi connectivity index (χ0v) is 20.3. The van der Waals surface area contributed by atoms with Gasteiger partial charge in [0.2, 0.25) is 11.8 Å². The van der Waals surface area contributed by atoms with Crippen molar-refractivity contribution in [2.75, 3.05) is 30.0 Å². The summed E-state index contributed by atoms with van der Waals surface area (Å²) >= 11 is 0. The molecule has 0 saturated carbocycles. The molecule has 3 fully saturated rings. The number of aryl methyl sites for hydroxylation is 1. The van der Waals surface area contributed by atoms with Crippen molar-refractivity contribution in [2.24, 2.45) is 11.8 Å². The highest BCUT2D eigenvalue weighted by molar-refractivity contribution is 6.26. The number of ether oxygens (including phenoxy) is 1. The van der Waals surface area contributed by atoms with E-state index in [0.717, 1.165) is 29.0 Å². The minimum absolute atomic E-state index is 0.0325. The molecule has 1 spiro atoms. The number of para-hydroxylation sites is 1. The summed E-state index contributed by atoms with van der Waals surface area (Å²) in [7, 11) is 1.31. The summed E-state index contributed by atoms with van der Waals surface area (Å²) in [5.41, 5.74) is 0.747. The van der Waals surface area contributed by atoms with Crippen LogP contribution < -0.4 is 14.5 Å². The quantitative estimate of drug-likeness (QED) is 0.368. The highest BCUT2D eigenvalue weighted by Gasteiger charge is 2.75. The van der Waals surface area contributed by atoms with Gasteiger partial charge in [-0.25, -0.2) is 4.90 Å². The van der Waals surface area contributed by atoms with E-state index in [1.165, 1.54) is 19.2 Å². The van der Waals surface area contributed by atoms with Gasteiger partial charge in [-0.3, -0.25) is 29.4 Å². The lowest BCUT2D eigenvalue weighted by Gasteiger charge is -2.37. The van der Waals surface area contributed by atoms with Crippen LogP contribution in [0.4, 0.5) is 17.1 Å². The topological polar surface area (TPSA) is 113 Å². The van der Waals surface area contributed by atoms with Crippen molar-refractivity contribution < 1.29 is 24.0 Å². The van der Waals surface area contributed by atoms with Gasteiger partial charge in [0.15, 0.2) is 5.75 Å². The first-order valence-corrected chi connectivity index (χ1v) is 12.2. The Morgan fingerprint density at radius 1 is 1.14 bits per heavy atom. The molecule has 2 aromatic carbocycles. The number of fused-ring (bicyclic) bond motifs is 7. The average molecular weight is 491 g/mol. The number of rotatable bonds is 4. The number of methoxy groups -OCH3 is 1. The van der Waals surface area contributed by atoms with Crippen LogP contribution in [0.1, 0.15) is 30.9 Å². The Balaban J connectivity index is 1.55. The Bertz CT molecular complexity index is 1360. The molecular formula is C26H26N4O6. The normalized spacial score (nSPS) is 28.8. The van der Waals surface area contributed by atoms with E-state index in [1.54, 1.807) is 11.8 Å². The molecule has 3 saturated heterocycles. The highest BCUT2D eigenvalue weighted by atomic mass is 16.6. The Labute approximate surface area is 207 Å². The zero-order valence-electron chi connectivity index (χ0n) is 20.3. The standard InChI is InChI=1S/C26H26N4O6/c1-4-27-16-9-6-5-8-15(16)26(25(27)33)22-21(17-10-7-11-28(17)26)23(31)29(24(22)32)18-13-20(36-3)19(30(34)35)12-14(18)2/h5-6,8-9,12-13,17,21-22H,4,7,10-11H2,1-3H3/t17-,21+,22-,26+/m0/s1. The summed E-state index contributed by atoms with van der Waals surface area (Å²) < 4.78 is 5.22. The predicted molar refractivity (Wildman–Crippen MR) is 130 cm³/mol. The fraction of sp³-hybridized carbons (Fsp3) is 0.423. The average Bonchev–Trinajstić information content (AvgIpc) is 3.56. The molecule has 4 atom stereocenters. The number of benzene rings is 2. The first kappa shape index (κ1) is 22.7. The lowest BCUT2D eigenvalue weighted by molar-refractivity contribution is -0.385. The lowest BCUT2D eigenvalue weighted by Crippen LogP contribution is -2.56. The summed E-state index contributed by atoms with van der Waals surface area (Å²) in [4.78, 5) is 58.3. The molecular weight excluding hydrogens is 464 g/mol. The number of likely N-dealkylation sites (N-methyl/N-ethyl adjacent to an activating group) is 1. The van der Waals surface area contributed by atoms with E-state index in [4.69, 9.17) is 4.74 Å². The molecule has 3 amide bonds. The smallest absolute Gasteiger partial charge is 0.311 e. The minimum atomic E-state index is -1.24. The zero-order chi connectivity index (χ0) is 25.5. The van der Waals surface area contributed by atoms with Crippen LogP contribution in [0.5, 0.6) is 5.75 Å². The lowest BCUT2D eigenvalue weighted by atomic mass is 9.75. The van der Waals surface area contributed by atoms with Gasteiger partial charge in [-0.1, -0.05) is 18.2 Å². The Hall–Kier alpha value is -3.79.